The summed E-state index contributed by atoms with van der Waals surface area (Å²) in [7, 11) is 1.58. The number of carbonyl (C=O) groups is 1. The van der Waals surface area contributed by atoms with Gasteiger partial charge < -0.3 is 32.0 Å². The first-order valence-electron chi connectivity index (χ1n) is 4.75. The zero-order chi connectivity index (χ0) is 12.4. The van der Waals surface area contributed by atoms with Gasteiger partial charge in [-0.1, -0.05) is 25.1 Å². The summed E-state index contributed by atoms with van der Waals surface area (Å²) in [4.78, 5) is 10.1. The first kappa shape index (κ1) is 21.4. The van der Waals surface area contributed by atoms with Crippen LogP contribution in [0.3, 0.4) is 0 Å². The number of carboxylic acid groups (broad SMARTS) is 1. The highest BCUT2D eigenvalue weighted by Crippen LogP contribution is 2.11. The van der Waals surface area contributed by atoms with Gasteiger partial charge >= 0.3 is 0 Å². The lowest BCUT2D eigenvalue weighted by molar-refractivity contribution is -0.361. The molecule has 0 saturated carbocycles. The molecule has 0 aliphatic carbocycles. The van der Waals surface area contributed by atoms with Crippen molar-refractivity contribution in [3.8, 4) is 5.75 Å². The van der Waals surface area contributed by atoms with Crippen molar-refractivity contribution >= 4 is 12.0 Å². The molecule has 6 nitrogen and oxygen atoms in total. The van der Waals surface area contributed by atoms with Crippen molar-refractivity contribution in [1.82, 2.24) is 12.3 Å². The van der Waals surface area contributed by atoms with Gasteiger partial charge in [0.05, 0.1) is 13.1 Å². The Morgan fingerprint density at radius 3 is 2.06 bits per heavy atom. The molecule has 0 unspecified atom stereocenters. The number of methoxy groups -OCH3 is 1. The third-order valence-electron chi connectivity index (χ3n) is 1.53. The molecule has 104 valence electrons. The Labute approximate surface area is 107 Å². The number of ether oxygens (including phenoxy) is 1. The fourth-order valence-electron chi connectivity index (χ4n) is 0.879. The topological polar surface area (TPSA) is 145 Å². The summed E-state index contributed by atoms with van der Waals surface area (Å²) in [6.45, 7) is 1.57. The fraction of sp³-hybridized carbons (Fsp3) is 0.250. The Morgan fingerprint density at radius 1 is 1.28 bits per heavy atom. The summed E-state index contributed by atoms with van der Waals surface area (Å²) in [5.41, 5.74) is 0.796. The predicted molar refractivity (Wildman–Crippen MR) is 69.5 cm³/mol. The number of quaternary nitrogens is 2. The van der Waals surface area contributed by atoms with Gasteiger partial charge in [-0.3, -0.25) is 0 Å². The smallest absolute Gasteiger partial charge is 0.118 e. The highest BCUT2D eigenvalue weighted by molar-refractivity contribution is 5.83. The Bertz CT molecular complexity index is 336. The van der Waals surface area contributed by atoms with Gasteiger partial charge in [-0.2, -0.15) is 0 Å². The quantitative estimate of drug-likeness (QED) is 0.763. The number of rotatable bonds is 3. The number of carboxylic acids is 1. The van der Waals surface area contributed by atoms with E-state index in [-0.39, 0.29) is 18.9 Å². The van der Waals surface area contributed by atoms with Crippen LogP contribution >= 0.6 is 0 Å². The second kappa shape index (κ2) is 13.2. The van der Waals surface area contributed by atoms with Crippen LogP contribution < -0.4 is 27.3 Å². The first-order chi connectivity index (χ1) is 7.63. The molecule has 1 aromatic rings. The van der Waals surface area contributed by atoms with E-state index in [1.165, 1.54) is 6.08 Å². The van der Waals surface area contributed by atoms with Gasteiger partial charge in [0.2, 0.25) is 0 Å². The molecule has 8 N–H and O–H groups in total. The van der Waals surface area contributed by atoms with E-state index < -0.39 is 5.97 Å². The third kappa shape index (κ3) is 10.6. The Hall–Kier alpha value is -1.89. The van der Waals surface area contributed by atoms with E-state index in [1.807, 2.05) is 0 Å². The lowest BCUT2D eigenvalue weighted by Gasteiger charge is -1.99. The normalized spacial score (nSPS) is 8.39. The summed E-state index contributed by atoms with van der Waals surface area (Å²) in [5, 5.41) is 19.0. The number of benzene rings is 1. The van der Waals surface area contributed by atoms with Crippen molar-refractivity contribution in [3.63, 3.8) is 0 Å². The number of hydrogen-bond donors (Lipinski definition) is 2. The minimum Gasteiger partial charge on any atom is -0.855 e. The molecule has 0 saturated heterocycles. The van der Waals surface area contributed by atoms with E-state index in [0.717, 1.165) is 17.4 Å². The van der Waals surface area contributed by atoms with E-state index in [4.69, 9.17) is 9.84 Å². The van der Waals surface area contributed by atoms with Crippen molar-refractivity contribution in [2.24, 2.45) is 0 Å². The van der Waals surface area contributed by atoms with E-state index in [2.05, 4.69) is 0 Å². The maximum absolute atomic E-state index is 10.1. The average Bonchev–Trinajstić information content (AvgIpc) is 2.28. The summed E-state index contributed by atoms with van der Waals surface area (Å²) in [5.74, 6) is -0.457. The van der Waals surface area contributed by atoms with Crippen LogP contribution in [0.1, 0.15) is 12.5 Å². The molecular formula is C12H22N2O4. The van der Waals surface area contributed by atoms with Crippen LogP contribution in [0, 0.1) is 0 Å². The molecule has 1 rings (SSSR count). The molecule has 0 amide bonds. The van der Waals surface area contributed by atoms with Crippen molar-refractivity contribution in [1.29, 1.82) is 0 Å². The van der Waals surface area contributed by atoms with Crippen LogP contribution in [0.25, 0.3) is 6.08 Å². The molecule has 0 spiro atoms. The van der Waals surface area contributed by atoms with Gasteiger partial charge in [-0.05, 0) is 23.8 Å². The summed E-state index contributed by atoms with van der Waals surface area (Å²) < 4.78 is 4.94. The molecule has 0 bridgehead atoms. The van der Waals surface area contributed by atoms with E-state index in [0.29, 0.717) is 0 Å². The van der Waals surface area contributed by atoms with Crippen LogP contribution in [-0.4, -0.2) is 19.7 Å². The van der Waals surface area contributed by atoms with Gasteiger partial charge in [-0.15, -0.1) is 6.61 Å². The van der Waals surface area contributed by atoms with Crippen molar-refractivity contribution in [2.75, 3.05) is 13.7 Å². The standard InChI is InChI=1S/C10H10O3.C2H5O.2H3N/c1-13-9-5-2-8(3-6-9)4-7-10(11)12;1-2-3;;/h2-7H,1H3,(H,11,12);2H2,1H3;2*1H3/q;-1;;/p+1. The highest BCUT2D eigenvalue weighted by atomic mass is 16.5. The minimum atomic E-state index is -1.20. The average molecular weight is 258 g/mol. The first-order valence-corrected chi connectivity index (χ1v) is 4.75. The van der Waals surface area contributed by atoms with Gasteiger partial charge in [-0.25, -0.2) is 0 Å². The molecule has 0 heterocycles. The number of aliphatic carboxylic acids is 1. The lowest BCUT2D eigenvalue weighted by atomic mass is 10.2. The molecule has 0 aromatic heterocycles. The van der Waals surface area contributed by atoms with Crippen LogP contribution in [0.4, 0.5) is 0 Å². The van der Waals surface area contributed by atoms with Gasteiger partial charge in [0.25, 0.3) is 0 Å². The molecular weight excluding hydrogens is 236 g/mol. The van der Waals surface area contributed by atoms with E-state index >= 15 is 0 Å². The largest absolute Gasteiger partial charge is 0.855 e. The van der Waals surface area contributed by atoms with E-state index in [1.54, 1.807) is 38.3 Å². The maximum atomic E-state index is 10.1. The molecule has 18 heavy (non-hydrogen) atoms. The highest BCUT2D eigenvalue weighted by Gasteiger charge is 1.89. The monoisotopic (exact) mass is 258 g/mol. The van der Waals surface area contributed by atoms with Gasteiger partial charge in [0.15, 0.2) is 0 Å². The lowest BCUT2D eigenvalue weighted by Crippen LogP contribution is -2.18. The van der Waals surface area contributed by atoms with Crippen LogP contribution in [0.15, 0.2) is 30.3 Å². The molecule has 0 aliphatic heterocycles. The molecule has 0 fully saturated rings. The van der Waals surface area contributed by atoms with Crippen molar-refractivity contribution in [2.45, 2.75) is 6.92 Å². The Balaban J connectivity index is -0.000000410. The SMILES string of the molecule is CC[O-].COc1ccc(C=CC(=O)[O-])cc1.[NH4+].[NH4+]. The minimum absolute atomic E-state index is 0. The molecule has 0 aliphatic rings. The second-order valence-corrected chi connectivity index (χ2v) is 2.71. The zero-order valence-electron chi connectivity index (χ0n) is 11.3. The molecule has 6 heteroatoms. The molecule has 1 aromatic carbocycles. The zero-order valence-corrected chi connectivity index (χ0v) is 11.3. The molecule has 0 radical (unpaired) electrons. The molecule has 0 atom stereocenters. The van der Waals surface area contributed by atoms with Crippen molar-refractivity contribution < 1.29 is 19.7 Å². The Kier molecular flexibility index (Phi) is 15.7. The third-order valence-corrected chi connectivity index (χ3v) is 1.53. The van der Waals surface area contributed by atoms with Crippen molar-refractivity contribution in [3.05, 3.63) is 35.9 Å². The summed E-state index contributed by atoms with van der Waals surface area (Å²) in [6.07, 6.45) is 2.45. The number of hydrogen-bond acceptors (Lipinski definition) is 4. The van der Waals surface area contributed by atoms with Crippen LogP contribution in [0.2, 0.25) is 0 Å². The number of carbonyl (C=O) groups excluding carboxylic acids is 1. The van der Waals surface area contributed by atoms with Gasteiger partial charge in [0.1, 0.15) is 5.75 Å². The maximum Gasteiger partial charge on any atom is 0.118 e. The second-order valence-electron chi connectivity index (χ2n) is 2.71. The van der Waals surface area contributed by atoms with Crippen LogP contribution in [0.5, 0.6) is 5.75 Å². The summed E-state index contributed by atoms with van der Waals surface area (Å²) in [6, 6.07) is 7.04. The fourth-order valence-corrected chi connectivity index (χ4v) is 0.879. The van der Waals surface area contributed by atoms with E-state index in [9.17, 15) is 9.90 Å². The van der Waals surface area contributed by atoms with Crippen LogP contribution in [-0.2, 0) is 4.79 Å². The van der Waals surface area contributed by atoms with Gasteiger partial charge in [0, 0.05) is 0 Å². The Morgan fingerprint density at radius 2 is 1.72 bits per heavy atom. The summed E-state index contributed by atoms with van der Waals surface area (Å²) >= 11 is 0. The predicted octanol–water partition coefficient (Wildman–Crippen LogP) is 0.577.